The molecular weight excluding hydrogens is 456 g/mol. The Balaban J connectivity index is 2.23. The lowest BCUT2D eigenvalue weighted by Gasteiger charge is -2.12. The molecule has 0 radical (unpaired) electrons. The van der Waals surface area contributed by atoms with Crippen molar-refractivity contribution in [3.8, 4) is 23.3 Å². The van der Waals surface area contributed by atoms with Crippen molar-refractivity contribution >= 4 is 39.6 Å². The quantitative estimate of drug-likeness (QED) is 0.418. The molecule has 2 aromatic carbocycles. The predicted molar refractivity (Wildman–Crippen MR) is 114 cm³/mol. The lowest BCUT2D eigenvalue weighted by Crippen LogP contribution is -2.13. The molecule has 0 saturated heterocycles. The maximum atomic E-state index is 12.5. The largest absolute Gasteiger partial charge is 0.494 e. The Morgan fingerprint density at radius 2 is 1.93 bits per heavy atom. The van der Waals surface area contributed by atoms with Crippen molar-refractivity contribution in [3.05, 3.63) is 52.0 Å². The second kappa shape index (κ2) is 10.9. The average Bonchev–Trinajstić information content (AvgIpc) is 2.72. The predicted octanol–water partition coefficient (Wildman–Crippen LogP) is 3.87. The summed E-state index contributed by atoms with van der Waals surface area (Å²) >= 11 is 3.29. The van der Waals surface area contributed by atoms with Crippen molar-refractivity contribution in [1.29, 1.82) is 5.26 Å². The van der Waals surface area contributed by atoms with Crippen molar-refractivity contribution in [2.45, 2.75) is 6.92 Å². The molecule has 0 unspecified atom stereocenters. The molecule has 0 bridgehead atoms. The summed E-state index contributed by atoms with van der Waals surface area (Å²) in [6, 6.07) is 11.8. The first-order chi connectivity index (χ1) is 14.4. The number of ether oxygens (including phenoxy) is 3. The molecule has 0 heterocycles. The van der Waals surface area contributed by atoms with E-state index in [1.165, 1.54) is 19.3 Å². The number of halogens is 1. The molecule has 1 amide bonds. The summed E-state index contributed by atoms with van der Waals surface area (Å²) in [4.78, 5) is 23.2. The fraction of sp³-hybridized carbons (Fsp3) is 0.190. The molecule has 0 atom stereocenters. The Kier molecular flexibility index (Phi) is 8.26. The van der Waals surface area contributed by atoms with Crippen LogP contribution in [0.2, 0.25) is 0 Å². The zero-order valence-electron chi connectivity index (χ0n) is 16.3. The van der Waals surface area contributed by atoms with E-state index >= 15 is 0 Å². The van der Waals surface area contributed by atoms with Gasteiger partial charge in [-0.3, -0.25) is 4.79 Å². The fourth-order valence-corrected chi connectivity index (χ4v) is 2.99. The minimum Gasteiger partial charge on any atom is -0.494 e. The number of methoxy groups -OCH3 is 1. The third-order valence-electron chi connectivity index (χ3n) is 3.69. The van der Waals surface area contributed by atoms with Crippen LogP contribution in [-0.2, 0) is 9.59 Å². The molecule has 156 valence electrons. The van der Waals surface area contributed by atoms with E-state index in [0.29, 0.717) is 28.1 Å². The van der Waals surface area contributed by atoms with E-state index in [1.807, 2.05) is 13.0 Å². The van der Waals surface area contributed by atoms with Gasteiger partial charge in [0.2, 0.25) is 0 Å². The number of carboxylic acids is 1. The lowest BCUT2D eigenvalue weighted by molar-refractivity contribution is -0.139. The Morgan fingerprint density at radius 3 is 2.50 bits per heavy atom. The molecule has 2 rings (SSSR count). The summed E-state index contributed by atoms with van der Waals surface area (Å²) < 4.78 is 16.2. The normalized spacial score (nSPS) is 10.7. The van der Waals surface area contributed by atoms with Crippen molar-refractivity contribution in [2.24, 2.45) is 0 Å². The summed E-state index contributed by atoms with van der Waals surface area (Å²) in [7, 11) is 1.40. The monoisotopic (exact) mass is 474 g/mol. The fourth-order valence-electron chi connectivity index (χ4n) is 2.41. The van der Waals surface area contributed by atoms with Crippen LogP contribution in [0.1, 0.15) is 12.5 Å². The van der Waals surface area contributed by atoms with Crippen molar-refractivity contribution in [2.75, 3.05) is 25.6 Å². The number of anilines is 1. The number of rotatable bonds is 9. The Morgan fingerprint density at radius 1 is 1.23 bits per heavy atom. The number of carbonyl (C=O) groups excluding carboxylic acids is 1. The number of nitriles is 1. The van der Waals surface area contributed by atoms with Gasteiger partial charge in [-0.1, -0.05) is 0 Å². The molecule has 9 heteroatoms. The highest BCUT2D eigenvalue weighted by Gasteiger charge is 2.15. The van der Waals surface area contributed by atoms with Gasteiger partial charge in [-0.25, -0.2) is 4.79 Å². The van der Waals surface area contributed by atoms with E-state index in [1.54, 1.807) is 30.3 Å². The molecule has 8 nitrogen and oxygen atoms in total. The molecule has 30 heavy (non-hydrogen) atoms. The highest BCUT2D eigenvalue weighted by Crippen LogP contribution is 2.37. The van der Waals surface area contributed by atoms with Gasteiger partial charge in [0.25, 0.3) is 5.91 Å². The number of hydrogen-bond donors (Lipinski definition) is 2. The SMILES string of the molecule is CCOc1ccc(NC(=O)/C(C#N)=C/c2cc(Br)c(OCC(=O)O)c(OC)c2)cc1. The number of aliphatic carboxylic acids is 1. The second-order valence-electron chi connectivity index (χ2n) is 5.80. The van der Waals surface area contributed by atoms with Crippen LogP contribution in [0.4, 0.5) is 5.69 Å². The highest BCUT2D eigenvalue weighted by atomic mass is 79.9. The molecule has 0 saturated carbocycles. The lowest BCUT2D eigenvalue weighted by atomic mass is 10.1. The van der Waals surface area contributed by atoms with E-state index in [2.05, 4.69) is 21.2 Å². The summed E-state index contributed by atoms with van der Waals surface area (Å²) in [5.74, 6) is -0.585. The standard InChI is InChI=1S/C21H19BrN2O6/c1-3-29-16-6-4-15(5-7-16)24-21(27)14(11-23)8-13-9-17(22)20(18(10-13)28-2)30-12-19(25)26/h4-10H,3,12H2,1-2H3,(H,24,27)(H,25,26)/b14-8+. The van der Waals surface area contributed by atoms with E-state index in [0.717, 1.165) is 0 Å². The van der Waals surface area contributed by atoms with Gasteiger partial charge < -0.3 is 24.6 Å². The van der Waals surface area contributed by atoms with Crippen LogP contribution in [0.15, 0.2) is 46.4 Å². The maximum absolute atomic E-state index is 12.5. The minimum absolute atomic E-state index is 0.128. The number of benzene rings is 2. The first-order valence-corrected chi connectivity index (χ1v) is 9.55. The van der Waals surface area contributed by atoms with Gasteiger partial charge in [0.1, 0.15) is 17.4 Å². The van der Waals surface area contributed by atoms with Crippen LogP contribution in [-0.4, -0.2) is 37.3 Å². The van der Waals surface area contributed by atoms with Crippen molar-refractivity contribution in [1.82, 2.24) is 0 Å². The highest BCUT2D eigenvalue weighted by molar-refractivity contribution is 9.10. The molecule has 0 aliphatic carbocycles. The van der Waals surface area contributed by atoms with Crippen LogP contribution >= 0.6 is 15.9 Å². The summed E-state index contributed by atoms with van der Waals surface area (Å²) in [5, 5.41) is 20.8. The van der Waals surface area contributed by atoms with E-state index in [-0.39, 0.29) is 17.1 Å². The Bertz CT molecular complexity index is 996. The molecule has 0 spiro atoms. The number of carbonyl (C=O) groups is 2. The van der Waals surface area contributed by atoms with Gasteiger partial charge in [0.05, 0.1) is 18.2 Å². The average molecular weight is 475 g/mol. The van der Waals surface area contributed by atoms with Gasteiger partial charge >= 0.3 is 5.97 Å². The van der Waals surface area contributed by atoms with Crippen LogP contribution in [0.5, 0.6) is 17.2 Å². The minimum atomic E-state index is -1.13. The number of nitrogens with one attached hydrogen (secondary N) is 1. The van der Waals surface area contributed by atoms with E-state index < -0.39 is 18.5 Å². The zero-order chi connectivity index (χ0) is 22.1. The summed E-state index contributed by atoms with van der Waals surface area (Å²) in [5.41, 5.74) is 0.873. The van der Waals surface area contributed by atoms with Crippen molar-refractivity contribution in [3.63, 3.8) is 0 Å². The molecular formula is C21H19BrN2O6. The molecule has 0 aliphatic rings. The number of carboxylic acid groups (broad SMARTS) is 1. The number of nitrogens with zero attached hydrogens (tertiary/aromatic N) is 1. The second-order valence-corrected chi connectivity index (χ2v) is 6.65. The van der Waals surface area contributed by atoms with Gasteiger partial charge in [-0.2, -0.15) is 5.26 Å². The number of hydrogen-bond acceptors (Lipinski definition) is 6. The molecule has 0 fully saturated rings. The topological polar surface area (TPSA) is 118 Å². The molecule has 2 N–H and O–H groups in total. The van der Waals surface area contributed by atoms with Gasteiger partial charge in [0.15, 0.2) is 18.1 Å². The third kappa shape index (κ3) is 6.25. The van der Waals surface area contributed by atoms with E-state index in [9.17, 15) is 14.9 Å². The van der Waals surface area contributed by atoms with Crippen molar-refractivity contribution < 1.29 is 28.9 Å². The Labute approximate surface area is 181 Å². The molecule has 0 aliphatic heterocycles. The first-order valence-electron chi connectivity index (χ1n) is 8.76. The maximum Gasteiger partial charge on any atom is 0.341 e. The van der Waals surface area contributed by atoms with E-state index in [4.69, 9.17) is 19.3 Å². The summed E-state index contributed by atoms with van der Waals surface area (Å²) in [6.07, 6.45) is 1.39. The molecule has 0 aromatic heterocycles. The van der Waals surface area contributed by atoms with Gasteiger partial charge in [-0.15, -0.1) is 0 Å². The smallest absolute Gasteiger partial charge is 0.341 e. The Hall–Kier alpha value is -3.51. The van der Waals surface area contributed by atoms with Crippen LogP contribution in [0, 0.1) is 11.3 Å². The zero-order valence-corrected chi connectivity index (χ0v) is 17.9. The molecule has 2 aromatic rings. The summed E-state index contributed by atoms with van der Waals surface area (Å²) in [6.45, 7) is 1.86. The van der Waals surface area contributed by atoms with Crippen LogP contribution in [0.25, 0.3) is 6.08 Å². The van der Waals surface area contributed by atoms with Gasteiger partial charge in [-0.05, 0) is 70.9 Å². The van der Waals surface area contributed by atoms with Crippen LogP contribution in [0.3, 0.4) is 0 Å². The number of amides is 1. The third-order valence-corrected chi connectivity index (χ3v) is 4.28. The van der Waals surface area contributed by atoms with Gasteiger partial charge in [0, 0.05) is 5.69 Å². The first kappa shape index (κ1) is 22.8. The van der Waals surface area contributed by atoms with Crippen LogP contribution < -0.4 is 19.5 Å².